The number of phenolic OH excluding ortho intramolecular Hbond substituents is 1. The standard InChI is InChI=1S/C18H22FN3O/c1-12-8-15(9-13-4-3-7-22(2)11-13)20-21-18(12)16-6-5-14(19)10-17(16)23/h5-6,8,10,13,23H,3-4,7,9,11H2,1-2H3/t13-/m0/s1. The van der Waals surface area contributed by atoms with Crippen molar-refractivity contribution in [2.24, 2.45) is 5.92 Å². The fraction of sp³-hybridized carbons (Fsp3) is 0.444. The number of aryl methyl sites for hydroxylation is 1. The largest absolute Gasteiger partial charge is 0.507 e. The van der Waals surface area contributed by atoms with Crippen LogP contribution in [0.4, 0.5) is 4.39 Å². The Morgan fingerprint density at radius 1 is 1.30 bits per heavy atom. The maximum Gasteiger partial charge on any atom is 0.127 e. The highest BCUT2D eigenvalue weighted by molar-refractivity contribution is 5.69. The van der Waals surface area contributed by atoms with E-state index in [-0.39, 0.29) is 5.75 Å². The molecule has 0 unspecified atom stereocenters. The lowest BCUT2D eigenvalue weighted by molar-refractivity contribution is 0.208. The van der Waals surface area contributed by atoms with Crippen molar-refractivity contribution in [2.75, 3.05) is 20.1 Å². The number of rotatable bonds is 3. The molecule has 0 spiro atoms. The van der Waals surface area contributed by atoms with Gasteiger partial charge in [-0.1, -0.05) is 0 Å². The minimum Gasteiger partial charge on any atom is -0.507 e. The zero-order chi connectivity index (χ0) is 16.4. The molecule has 1 saturated heterocycles. The van der Waals surface area contributed by atoms with E-state index in [1.807, 2.05) is 13.0 Å². The first-order valence-electron chi connectivity index (χ1n) is 8.03. The van der Waals surface area contributed by atoms with Crippen LogP contribution >= 0.6 is 0 Å². The average Bonchev–Trinajstić information content (AvgIpc) is 2.48. The Kier molecular flexibility index (Phi) is 4.57. The molecule has 1 aromatic carbocycles. The van der Waals surface area contributed by atoms with E-state index in [4.69, 9.17) is 0 Å². The van der Waals surface area contributed by atoms with Crippen LogP contribution in [0.1, 0.15) is 24.1 Å². The van der Waals surface area contributed by atoms with E-state index in [0.29, 0.717) is 17.2 Å². The number of nitrogens with zero attached hydrogens (tertiary/aromatic N) is 3. The Morgan fingerprint density at radius 3 is 2.83 bits per heavy atom. The molecule has 1 N–H and O–H groups in total. The van der Waals surface area contributed by atoms with Crippen molar-refractivity contribution in [2.45, 2.75) is 26.2 Å². The summed E-state index contributed by atoms with van der Waals surface area (Å²) in [6.45, 7) is 4.22. The van der Waals surface area contributed by atoms with Crippen LogP contribution in [0.25, 0.3) is 11.3 Å². The zero-order valence-corrected chi connectivity index (χ0v) is 13.6. The predicted octanol–water partition coefficient (Wildman–Crippen LogP) is 3.18. The van der Waals surface area contributed by atoms with E-state index in [9.17, 15) is 9.50 Å². The molecule has 2 aromatic rings. The van der Waals surface area contributed by atoms with Crippen LogP contribution in [0, 0.1) is 18.7 Å². The summed E-state index contributed by atoms with van der Waals surface area (Å²) in [6, 6.07) is 5.99. The van der Waals surface area contributed by atoms with Crippen molar-refractivity contribution in [3.05, 3.63) is 41.3 Å². The normalized spacial score (nSPS) is 19.0. The molecule has 0 aliphatic carbocycles. The van der Waals surface area contributed by atoms with Gasteiger partial charge in [0.15, 0.2) is 0 Å². The molecule has 2 heterocycles. The molecular formula is C18H22FN3O. The van der Waals surface area contributed by atoms with Gasteiger partial charge in [-0.15, -0.1) is 5.10 Å². The summed E-state index contributed by atoms with van der Waals surface area (Å²) in [6.07, 6.45) is 3.38. The number of aromatic nitrogens is 2. The molecule has 23 heavy (non-hydrogen) atoms. The maximum atomic E-state index is 13.1. The highest BCUT2D eigenvalue weighted by Crippen LogP contribution is 2.30. The summed E-state index contributed by atoms with van der Waals surface area (Å²) >= 11 is 0. The monoisotopic (exact) mass is 315 g/mol. The van der Waals surface area contributed by atoms with Crippen LogP contribution in [-0.4, -0.2) is 40.3 Å². The fourth-order valence-electron chi connectivity index (χ4n) is 3.35. The molecule has 1 atom stereocenters. The van der Waals surface area contributed by atoms with E-state index in [0.717, 1.165) is 30.3 Å². The van der Waals surface area contributed by atoms with E-state index in [1.165, 1.54) is 31.5 Å². The topological polar surface area (TPSA) is 49.2 Å². The number of piperidine rings is 1. The van der Waals surface area contributed by atoms with Crippen LogP contribution < -0.4 is 0 Å². The summed E-state index contributed by atoms with van der Waals surface area (Å²) in [5, 5.41) is 18.5. The highest BCUT2D eigenvalue weighted by Gasteiger charge is 2.19. The third-order valence-corrected chi connectivity index (χ3v) is 4.47. The number of likely N-dealkylation sites (tertiary alicyclic amines) is 1. The van der Waals surface area contributed by atoms with E-state index in [2.05, 4.69) is 22.1 Å². The van der Waals surface area contributed by atoms with Gasteiger partial charge in [-0.2, -0.15) is 5.10 Å². The molecule has 3 rings (SSSR count). The van der Waals surface area contributed by atoms with E-state index >= 15 is 0 Å². The second-order valence-corrected chi connectivity index (χ2v) is 6.50. The van der Waals surface area contributed by atoms with Crippen molar-refractivity contribution >= 4 is 0 Å². The van der Waals surface area contributed by atoms with Crippen LogP contribution in [0.2, 0.25) is 0 Å². The Bertz CT molecular complexity index is 705. The lowest BCUT2D eigenvalue weighted by atomic mass is 9.93. The number of hydrogen-bond donors (Lipinski definition) is 1. The van der Waals surface area contributed by atoms with Gasteiger partial charge in [0, 0.05) is 18.2 Å². The molecular weight excluding hydrogens is 293 g/mol. The van der Waals surface area contributed by atoms with Crippen LogP contribution in [-0.2, 0) is 6.42 Å². The molecule has 1 aliphatic heterocycles. The van der Waals surface area contributed by atoms with Crippen LogP contribution in [0.15, 0.2) is 24.3 Å². The second-order valence-electron chi connectivity index (χ2n) is 6.50. The van der Waals surface area contributed by atoms with Crippen LogP contribution in [0.3, 0.4) is 0 Å². The van der Waals surface area contributed by atoms with Crippen molar-refractivity contribution in [1.82, 2.24) is 15.1 Å². The van der Waals surface area contributed by atoms with Crippen molar-refractivity contribution in [3.8, 4) is 17.0 Å². The van der Waals surface area contributed by atoms with Gasteiger partial charge in [-0.25, -0.2) is 4.39 Å². The van der Waals surface area contributed by atoms with Gasteiger partial charge in [0.1, 0.15) is 11.6 Å². The molecule has 1 fully saturated rings. The third-order valence-electron chi connectivity index (χ3n) is 4.47. The first kappa shape index (κ1) is 15.9. The quantitative estimate of drug-likeness (QED) is 0.945. The molecule has 1 aliphatic rings. The molecule has 0 amide bonds. The Labute approximate surface area is 136 Å². The summed E-state index contributed by atoms with van der Waals surface area (Å²) in [7, 11) is 2.16. The average molecular weight is 315 g/mol. The number of aromatic hydroxyl groups is 1. The Balaban J connectivity index is 1.80. The number of phenols is 1. The molecule has 0 bridgehead atoms. The van der Waals surface area contributed by atoms with Gasteiger partial charge in [0.25, 0.3) is 0 Å². The number of hydrogen-bond acceptors (Lipinski definition) is 4. The minimum absolute atomic E-state index is 0.107. The summed E-state index contributed by atoms with van der Waals surface area (Å²) in [4.78, 5) is 2.36. The van der Waals surface area contributed by atoms with Crippen molar-refractivity contribution < 1.29 is 9.50 Å². The maximum absolute atomic E-state index is 13.1. The summed E-state index contributed by atoms with van der Waals surface area (Å²) in [5.41, 5.74) is 3.04. The van der Waals surface area contributed by atoms with Gasteiger partial charge < -0.3 is 10.0 Å². The first-order valence-corrected chi connectivity index (χ1v) is 8.03. The van der Waals surface area contributed by atoms with E-state index < -0.39 is 5.82 Å². The van der Waals surface area contributed by atoms with E-state index in [1.54, 1.807) is 0 Å². The molecule has 0 radical (unpaired) electrons. The molecule has 4 nitrogen and oxygen atoms in total. The predicted molar refractivity (Wildman–Crippen MR) is 87.8 cm³/mol. The first-order chi connectivity index (χ1) is 11.0. The van der Waals surface area contributed by atoms with Gasteiger partial charge in [0.2, 0.25) is 0 Å². The summed E-state index contributed by atoms with van der Waals surface area (Å²) < 4.78 is 13.1. The molecule has 122 valence electrons. The Morgan fingerprint density at radius 2 is 2.13 bits per heavy atom. The van der Waals surface area contributed by atoms with Crippen LogP contribution in [0.5, 0.6) is 5.75 Å². The zero-order valence-electron chi connectivity index (χ0n) is 13.6. The minimum atomic E-state index is -0.463. The lowest BCUT2D eigenvalue weighted by Crippen LogP contribution is -2.33. The number of halogens is 1. The third kappa shape index (κ3) is 3.67. The Hall–Kier alpha value is -2.01. The van der Waals surface area contributed by atoms with Crippen molar-refractivity contribution in [3.63, 3.8) is 0 Å². The molecule has 0 saturated carbocycles. The van der Waals surface area contributed by atoms with Gasteiger partial charge >= 0.3 is 0 Å². The smallest absolute Gasteiger partial charge is 0.127 e. The second kappa shape index (κ2) is 6.62. The fourth-order valence-corrected chi connectivity index (χ4v) is 3.35. The summed E-state index contributed by atoms with van der Waals surface area (Å²) in [5.74, 6) is 0.0477. The lowest BCUT2D eigenvalue weighted by Gasteiger charge is -2.29. The van der Waals surface area contributed by atoms with Gasteiger partial charge in [0.05, 0.1) is 11.4 Å². The highest BCUT2D eigenvalue weighted by atomic mass is 19.1. The molecule has 1 aromatic heterocycles. The number of benzene rings is 1. The van der Waals surface area contributed by atoms with Gasteiger partial charge in [-0.3, -0.25) is 0 Å². The molecule has 5 heteroatoms. The SMILES string of the molecule is Cc1cc(C[C@@H]2CCCN(C)C2)nnc1-c1ccc(F)cc1O. The van der Waals surface area contributed by atoms with Crippen molar-refractivity contribution in [1.29, 1.82) is 0 Å². The van der Waals surface area contributed by atoms with Gasteiger partial charge in [-0.05, 0) is 69.5 Å².